The maximum absolute atomic E-state index is 6.06. The quantitative estimate of drug-likeness (QED) is 0.275. The Morgan fingerprint density at radius 3 is 1.50 bits per heavy atom. The van der Waals surface area contributed by atoms with Crippen LogP contribution in [0.4, 0.5) is 0 Å². The van der Waals surface area contributed by atoms with Crippen LogP contribution in [-0.4, -0.2) is 12.5 Å². The van der Waals surface area contributed by atoms with Crippen molar-refractivity contribution in [1.82, 2.24) is 0 Å². The van der Waals surface area contributed by atoms with Crippen LogP contribution in [0.5, 0.6) is 0 Å². The molecule has 0 saturated heterocycles. The Hall–Kier alpha value is -0.770. The Bertz CT molecular complexity index is 165. The van der Waals surface area contributed by atoms with Gasteiger partial charge in [0, 0.05) is 0 Å². The van der Waals surface area contributed by atoms with Crippen molar-refractivity contribution < 1.29 is 0 Å². The Labute approximate surface area is 113 Å². The van der Waals surface area contributed by atoms with E-state index in [0.717, 1.165) is 12.5 Å². The molecule has 0 radical (unpaired) electrons. The predicted octanol–water partition coefficient (Wildman–Crippen LogP) is 2.95. The zero-order chi connectivity index (χ0) is 14.2. The number of hydrogen-bond donors (Lipinski definition) is 4. The monoisotopic (exact) mass is 258 g/mol. The molecule has 0 fully saturated rings. The number of rotatable bonds is 10. The first-order valence-electron chi connectivity index (χ1n) is 7.30. The molecule has 4 heteroatoms. The highest BCUT2D eigenvalue weighted by Crippen LogP contribution is 2.12. The molecular weight excluding hydrogens is 224 g/mol. The van der Waals surface area contributed by atoms with E-state index in [1.165, 1.54) is 57.8 Å². The summed E-state index contributed by atoms with van der Waals surface area (Å²) in [7, 11) is 0. The highest BCUT2D eigenvalue weighted by Gasteiger charge is 1.94. The molecule has 0 aliphatic carbocycles. The van der Waals surface area contributed by atoms with E-state index in [1.54, 1.807) is 0 Å². The average Bonchev–Trinajstić information content (AvgIpc) is 2.26. The Kier molecular flexibility index (Phi) is 17.6. The van der Waals surface area contributed by atoms with Gasteiger partial charge in [0.25, 0.3) is 0 Å². The van der Waals surface area contributed by atoms with Crippen molar-refractivity contribution in [2.24, 2.45) is 23.1 Å². The van der Waals surface area contributed by atoms with Gasteiger partial charge in [-0.25, -0.2) is 0 Å². The van der Waals surface area contributed by atoms with Crippen LogP contribution in [0, 0.1) is 11.3 Å². The van der Waals surface area contributed by atoms with Crippen LogP contribution in [-0.2, 0) is 0 Å². The van der Waals surface area contributed by atoms with E-state index in [4.69, 9.17) is 11.1 Å². The van der Waals surface area contributed by atoms with Gasteiger partial charge in [-0.05, 0) is 18.9 Å². The number of nitrogens with two attached hydrogens (primary N) is 3. The lowest BCUT2D eigenvalue weighted by atomic mass is 10.0. The van der Waals surface area contributed by atoms with Crippen LogP contribution in [0.2, 0.25) is 0 Å². The average molecular weight is 258 g/mol. The number of hydrogen-bond acceptors (Lipinski definition) is 2. The van der Waals surface area contributed by atoms with Gasteiger partial charge in [0.1, 0.15) is 0 Å². The molecule has 18 heavy (non-hydrogen) atoms. The third kappa shape index (κ3) is 29.5. The second kappa shape index (κ2) is 16.2. The van der Waals surface area contributed by atoms with Gasteiger partial charge in [-0.1, -0.05) is 65.2 Å². The summed E-state index contributed by atoms with van der Waals surface area (Å²) in [5.41, 5.74) is 14.4. The fraction of sp³-hybridized carbons (Fsp3) is 0.929. The lowest BCUT2D eigenvalue weighted by Crippen LogP contribution is -2.20. The Balaban J connectivity index is 0. The molecular formula is C14H34N4. The second-order valence-corrected chi connectivity index (χ2v) is 5.25. The Morgan fingerprint density at radius 2 is 1.17 bits per heavy atom. The molecule has 110 valence electrons. The van der Waals surface area contributed by atoms with E-state index in [2.05, 4.69) is 25.3 Å². The molecule has 0 amide bonds. The normalized spacial score (nSPS) is 10.0. The lowest BCUT2D eigenvalue weighted by molar-refractivity contribution is 0.508. The standard InChI is InChI=1S/C13H29N.CH5N3/c1-13(2)11-9-7-5-3-4-6-8-10-12-14;2-1(3)4/h13H,3-12,14H2,1-2H3;(H5,2,3,4). The maximum Gasteiger partial charge on any atom is 0.183 e. The van der Waals surface area contributed by atoms with Crippen LogP contribution in [0.15, 0.2) is 0 Å². The van der Waals surface area contributed by atoms with Crippen molar-refractivity contribution >= 4 is 5.96 Å². The van der Waals surface area contributed by atoms with Crippen LogP contribution in [0.1, 0.15) is 71.6 Å². The molecule has 0 bridgehead atoms. The van der Waals surface area contributed by atoms with Gasteiger partial charge < -0.3 is 17.2 Å². The van der Waals surface area contributed by atoms with E-state index < -0.39 is 0 Å². The second-order valence-electron chi connectivity index (χ2n) is 5.25. The van der Waals surface area contributed by atoms with E-state index >= 15 is 0 Å². The largest absolute Gasteiger partial charge is 0.370 e. The SMILES string of the molecule is CC(C)CCCCCCCCCCN.N=C(N)N. The van der Waals surface area contributed by atoms with Crippen LogP contribution in [0.25, 0.3) is 0 Å². The van der Waals surface area contributed by atoms with Gasteiger partial charge >= 0.3 is 0 Å². The summed E-state index contributed by atoms with van der Waals surface area (Å²) in [6, 6.07) is 0. The highest BCUT2D eigenvalue weighted by molar-refractivity contribution is 5.71. The first kappa shape index (κ1) is 19.6. The summed E-state index contributed by atoms with van der Waals surface area (Å²) in [6.07, 6.45) is 12.5. The van der Waals surface area contributed by atoms with Crippen LogP contribution in [0.3, 0.4) is 0 Å². The summed E-state index contributed by atoms with van der Waals surface area (Å²) in [4.78, 5) is 0. The van der Waals surface area contributed by atoms with Gasteiger partial charge in [-0.2, -0.15) is 0 Å². The minimum absolute atomic E-state index is 0.333. The minimum atomic E-state index is -0.333. The van der Waals surface area contributed by atoms with Crippen molar-refractivity contribution in [2.45, 2.75) is 71.6 Å². The molecule has 0 atom stereocenters. The molecule has 4 nitrogen and oxygen atoms in total. The van der Waals surface area contributed by atoms with Crippen molar-refractivity contribution in [2.75, 3.05) is 6.54 Å². The zero-order valence-corrected chi connectivity index (χ0v) is 12.4. The van der Waals surface area contributed by atoms with Gasteiger partial charge in [-0.3, -0.25) is 5.41 Å². The molecule has 0 unspecified atom stereocenters. The molecule has 0 rings (SSSR count). The number of unbranched alkanes of at least 4 members (excludes halogenated alkanes) is 7. The molecule has 0 aromatic heterocycles. The molecule has 0 aliphatic heterocycles. The zero-order valence-electron chi connectivity index (χ0n) is 12.4. The van der Waals surface area contributed by atoms with Crippen LogP contribution < -0.4 is 17.2 Å². The van der Waals surface area contributed by atoms with Crippen molar-refractivity contribution in [1.29, 1.82) is 5.41 Å². The van der Waals surface area contributed by atoms with E-state index in [-0.39, 0.29) is 5.96 Å². The third-order valence-electron chi connectivity index (χ3n) is 2.74. The topological polar surface area (TPSA) is 102 Å². The summed E-state index contributed by atoms with van der Waals surface area (Å²) >= 11 is 0. The first-order valence-corrected chi connectivity index (χ1v) is 7.30. The van der Waals surface area contributed by atoms with Gasteiger partial charge in [-0.15, -0.1) is 0 Å². The molecule has 0 heterocycles. The maximum atomic E-state index is 6.06. The Morgan fingerprint density at radius 1 is 0.833 bits per heavy atom. The summed E-state index contributed by atoms with van der Waals surface area (Å²) in [5.74, 6) is 0.555. The molecule has 0 aromatic rings. The highest BCUT2D eigenvalue weighted by atomic mass is 14.9. The summed E-state index contributed by atoms with van der Waals surface area (Å²) in [5, 5.41) is 6.06. The smallest absolute Gasteiger partial charge is 0.183 e. The molecule has 0 saturated carbocycles. The summed E-state index contributed by atoms with van der Waals surface area (Å²) < 4.78 is 0. The van der Waals surface area contributed by atoms with Crippen molar-refractivity contribution in [3.05, 3.63) is 0 Å². The lowest BCUT2D eigenvalue weighted by Gasteiger charge is -2.04. The van der Waals surface area contributed by atoms with E-state index in [0.29, 0.717) is 0 Å². The minimum Gasteiger partial charge on any atom is -0.370 e. The number of nitrogens with one attached hydrogen (secondary N) is 1. The van der Waals surface area contributed by atoms with Crippen molar-refractivity contribution in [3.8, 4) is 0 Å². The number of guanidine groups is 1. The van der Waals surface area contributed by atoms with E-state index in [9.17, 15) is 0 Å². The molecule has 0 aliphatic rings. The first-order chi connectivity index (χ1) is 8.50. The molecule has 0 spiro atoms. The molecule has 7 N–H and O–H groups in total. The van der Waals surface area contributed by atoms with Crippen molar-refractivity contribution in [3.63, 3.8) is 0 Å². The predicted molar refractivity (Wildman–Crippen MR) is 81.5 cm³/mol. The van der Waals surface area contributed by atoms with E-state index in [1.807, 2.05) is 0 Å². The van der Waals surface area contributed by atoms with Crippen LogP contribution >= 0.6 is 0 Å². The summed E-state index contributed by atoms with van der Waals surface area (Å²) in [6.45, 7) is 5.49. The van der Waals surface area contributed by atoms with Gasteiger partial charge in [0.15, 0.2) is 5.96 Å². The van der Waals surface area contributed by atoms with Gasteiger partial charge in [0.2, 0.25) is 0 Å². The fourth-order valence-corrected chi connectivity index (χ4v) is 1.76. The van der Waals surface area contributed by atoms with Gasteiger partial charge in [0.05, 0.1) is 0 Å². The third-order valence-corrected chi connectivity index (χ3v) is 2.74. The molecule has 0 aromatic carbocycles. The fourth-order valence-electron chi connectivity index (χ4n) is 1.76.